The average Bonchev–Trinajstić information content (AvgIpc) is 2.80. The van der Waals surface area contributed by atoms with Gasteiger partial charge in [0.25, 0.3) is 0 Å². The first-order valence-corrected chi connectivity index (χ1v) is 15.5. The molecule has 0 saturated carbocycles. The van der Waals surface area contributed by atoms with Crippen LogP contribution in [0.2, 0.25) is 25.7 Å². The smallest absolute Gasteiger partial charge is 0.493 e. The summed E-state index contributed by atoms with van der Waals surface area (Å²) >= 11 is 0. The van der Waals surface area contributed by atoms with Crippen molar-refractivity contribution in [2.24, 2.45) is 0 Å². The van der Waals surface area contributed by atoms with Gasteiger partial charge >= 0.3 is 6.16 Å². The first-order valence-electron chi connectivity index (χ1n) is 11.8. The van der Waals surface area contributed by atoms with Gasteiger partial charge in [0.1, 0.15) is 5.75 Å². The molecule has 0 atom stereocenters. The van der Waals surface area contributed by atoms with Gasteiger partial charge in [0.2, 0.25) is 0 Å². The van der Waals surface area contributed by atoms with Crippen LogP contribution in [0.3, 0.4) is 0 Å². The van der Waals surface area contributed by atoms with E-state index in [9.17, 15) is 4.79 Å². The van der Waals surface area contributed by atoms with Crippen LogP contribution < -0.4 is 14.2 Å². The lowest BCUT2D eigenvalue weighted by Gasteiger charge is -2.26. The number of carbonyl (C=O) groups is 1. The Kier molecular flexibility index (Phi) is 8.21. The van der Waals surface area contributed by atoms with Gasteiger partial charge < -0.3 is 14.2 Å². The summed E-state index contributed by atoms with van der Waals surface area (Å²) in [6, 6.07) is 24.8. The summed E-state index contributed by atoms with van der Waals surface area (Å²) in [5, 5.41) is 0. The predicted octanol–water partition coefficient (Wildman–Crippen LogP) is 7.87. The molecule has 0 aliphatic heterocycles. The number of methoxy groups -OCH3 is 1. The largest absolute Gasteiger partial charge is 0.519 e. The van der Waals surface area contributed by atoms with Crippen LogP contribution in [0.1, 0.15) is 37.0 Å². The molecule has 0 bridgehead atoms. The van der Waals surface area contributed by atoms with Gasteiger partial charge in [-0.05, 0) is 47.4 Å². The van der Waals surface area contributed by atoms with E-state index in [0.29, 0.717) is 17.2 Å². The second-order valence-corrected chi connectivity index (χ2v) is 16.0. The fourth-order valence-corrected chi connectivity index (χ4v) is 5.18. The third kappa shape index (κ3) is 6.97. The van der Waals surface area contributed by atoms with Gasteiger partial charge in [-0.3, -0.25) is 0 Å². The first-order chi connectivity index (χ1) is 16.1. The van der Waals surface area contributed by atoms with Gasteiger partial charge in [-0.25, -0.2) is 4.79 Å². The van der Waals surface area contributed by atoms with Gasteiger partial charge in [-0.2, -0.15) is 0 Å². The summed E-state index contributed by atoms with van der Waals surface area (Å²) in [5.74, 6) is 1.31. The van der Waals surface area contributed by atoms with E-state index >= 15 is 0 Å². The van der Waals surface area contributed by atoms with Crippen molar-refractivity contribution in [3.63, 3.8) is 0 Å². The van der Waals surface area contributed by atoms with E-state index in [1.54, 1.807) is 25.3 Å². The molecule has 0 N–H and O–H groups in total. The van der Waals surface area contributed by atoms with E-state index in [1.165, 1.54) is 17.2 Å². The zero-order chi connectivity index (χ0) is 24.8. The number of rotatable bonds is 9. The van der Waals surface area contributed by atoms with E-state index < -0.39 is 14.2 Å². The van der Waals surface area contributed by atoms with Gasteiger partial charge in [-0.15, -0.1) is 0 Å². The van der Waals surface area contributed by atoms with Gasteiger partial charge in [-0.1, -0.05) is 94.5 Å². The molecular weight excluding hydrogens is 440 g/mol. The molecule has 0 amide bonds. The lowest BCUT2D eigenvalue weighted by molar-refractivity contribution is 0.150. The molecule has 0 spiro atoms. The standard InChI is InChI=1S/C29H36O4Si/c1-29(2,23-12-8-7-9-13-23)24-15-17-25(18-16-24)32-28(30)33-26-19-14-22(21-27(26)31-3)11-10-20-34(4,5)6/h7-9,12-19,21H,10-11,20H2,1-6H3. The Morgan fingerprint density at radius 2 is 1.47 bits per heavy atom. The van der Waals surface area contributed by atoms with Crippen molar-refractivity contribution in [1.82, 2.24) is 0 Å². The Bertz CT molecular complexity index is 1080. The Morgan fingerprint density at radius 3 is 2.09 bits per heavy atom. The molecular formula is C29H36O4Si. The highest BCUT2D eigenvalue weighted by Crippen LogP contribution is 2.33. The van der Waals surface area contributed by atoms with Crippen LogP contribution in [-0.4, -0.2) is 21.3 Å². The molecule has 3 aromatic carbocycles. The quantitative estimate of drug-likeness (QED) is 0.179. The molecule has 0 aromatic heterocycles. The number of hydrogen-bond donors (Lipinski definition) is 0. The topological polar surface area (TPSA) is 44.8 Å². The highest BCUT2D eigenvalue weighted by molar-refractivity contribution is 6.76. The van der Waals surface area contributed by atoms with E-state index in [0.717, 1.165) is 18.4 Å². The van der Waals surface area contributed by atoms with Crippen molar-refractivity contribution in [1.29, 1.82) is 0 Å². The highest BCUT2D eigenvalue weighted by Gasteiger charge is 2.23. The Morgan fingerprint density at radius 1 is 0.824 bits per heavy atom. The maximum absolute atomic E-state index is 12.4. The van der Waals surface area contributed by atoms with E-state index in [2.05, 4.69) is 45.6 Å². The Labute approximate surface area is 204 Å². The first kappa shape index (κ1) is 25.6. The van der Waals surface area contributed by atoms with Crippen LogP contribution in [0.5, 0.6) is 17.2 Å². The van der Waals surface area contributed by atoms with E-state index in [4.69, 9.17) is 14.2 Å². The van der Waals surface area contributed by atoms with E-state index in [1.807, 2.05) is 42.5 Å². The number of aryl methyl sites for hydroxylation is 1. The summed E-state index contributed by atoms with van der Waals surface area (Å²) in [4.78, 5) is 12.4. The summed E-state index contributed by atoms with van der Waals surface area (Å²) < 4.78 is 16.3. The van der Waals surface area contributed by atoms with Crippen LogP contribution in [0.4, 0.5) is 4.79 Å². The lowest BCUT2D eigenvalue weighted by Crippen LogP contribution is -2.19. The summed E-state index contributed by atoms with van der Waals surface area (Å²) in [7, 11) is 0.524. The molecule has 4 nitrogen and oxygen atoms in total. The van der Waals surface area contributed by atoms with Crippen molar-refractivity contribution < 1.29 is 19.0 Å². The van der Waals surface area contributed by atoms with Crippen LogP contribution in [-0.2, 0) is 11.8 Å². The molecule has 0 heterocycles. The number of carbonyl (C=O) groups excluding carboxylic acids is 1. The third-order valence-electron chi connectivity index (χ3n) is 6.09. The minimum atomic E-state index is -1.05. The van der Waals surface area contributed by atoms with Crippen LogP contribution in [0.25, 0.3) is 0 Å². The third-order valence-corrected chi connectivity index (χ3v) is 7.94. The Hall–Kier alpha value is -3.05. The second-order valence-electron chi connectivity index (χ2n) is 10.4. The average molecular weight is 477 g/mol. The normalized spacial score (nSPS) is 11.7. The molecule has 0 aliphatic carbocycles. The molecule has 0 fully saturated rings. The van der Waals surface area contributed by atoms with Crippen LogP contribution in [0, 0.1) is 0 Å². The monoisotopic (exact) mass is 476 g/mol. The number of hydrogen-bond acceptors (Lipinski definition) is 4. The molecule has 180 valence electrons. The van der Waals surface area contributed by atoms with Gasteiger partial charge in [0.15, 0.2) is 11.5 Å². The van der Waals surface area contributed by atoms with Crippen molar-refractivity contribution in [3.05, 3.63) is 89.5 Å². The number of benzene rings is 3. The molecule has 0 aliphatic rings. The van der Waals surface area contributed by atoms with Gasteiger partial charge in [0, 0.05) is 13.5 Å². The van der Waals surface area contributed by atoms with Gasteiger partial charge in [0.05, 0.1) is 7.11 Å². The zero-order valence-corrected chi connectivity index (χ0v) is 22.2. The van der Waals surface area contributed by atoms with Crippen molar-refractivity contribution in [3.8, 4) is 17.2 Å². The fourth-order valence-electron chi connectivity index (χ4n) is 3.94. The van der Waals surface area contributed by atoms with Crippen LogP contribution in [0.15, 0.2) is 72.8 Å². The maximum Gasteiger partial charge on any atom is 0.519 e. The second kappa shape index (κ2) is 10.9. The van der Waals surface area contributed by atoms with E-state index in [-0.39, 0.29) is 5.41 Å². The predicted molar refractivity (Wildman–Crippen MR) is 141 cm³/mol. The lowest BCUT2D eigenvalue weighted by atomic mass is 9.78. The Balaban J connectivity index is 1.62. The number of ether oxygens (including phenoxy) is 3. The minimum absolute atomic E-state index is 0.162. The summed E-state index contributed by atoms with van der Waals surface area (Å²) in [5.41, 5.74) is 3.36. The summed E-state index contributed by atoms with van der Waals surface area (Å²) in [6.45, 7) is 11.5. The zero-order valence-electron chi connectivity index (χ0n) is 21.2. The summed E-state index contributed by atoms with van der Waals surface area (Å²) in [6.07, 6.45) is 1.34. The molecule has 0 radical (unpaired) electrons. The SMILES string of the molecule is COc1cc(CCC[Si](C)(C)C)ccc1OC(=O)Oc1ccc(C(C)(C)c2ccccc2)cc1. The highest BCUT2D eigenvalue weighted by atomic mass is 28.3. The fraction of sp³-hybridized carbons (Fsp3) is 0.345. The van der Waals surface area contributed by atoms with Crippen LogP contribution >= 0.6 is 0 Å². The molecule has 3 aromatic rings. The minimum Gasteiger partial charge on any atom is -0.493 e. The molecule has 0 saturated heterocycles. The van der Waals surface area contributed by atoms with Crippen molar-refractivity contribution in [2.45, 2.75) is 57.8 Å². The molecule has 34 heavy (non-hydrogen) atoms. The molecule has 0 unspecified atom stereocenters. The molecule has 3 rings (SSSR count). The van der Waals surface area contributed by atoms with Crippen molar-refractivity contribution >= 4 is 14.2 Å². The maximum atomic E-state index is 12.4. The molecule has 5 heteroatoms. The van der Waals surface area contributed by atoms with Crippen molar-refractivity contribution in [2.75, 3.05) is 7.11 Å².